The summed E-state index contributed by atoms with van der Waals surface area (Å²) in [4.78, 5) is 30.5. The molecule has 0 bridgehead atoms. The Hall–Kier alpha value is -2.76. The van der Waals surface area contributed by atoms with Gasteiger partial charge in [0.15, 0.2) is 6.04 Å². The van der Waals surface area contributed by atoms with Crippen molar-refractivity contribution in [3.8, 4) is 0 Å². The molecule has 0 saturated carbocycles. The molecule has 0 aliphatic carbocycles. The summed E-state index contributed by atoms with van der Waals surface area (Å²) >= 11 is 0. The quantitative estimate of drug-likeness (QED) is 0.853. The maximum Gasteiger partial charge on any atom is 0.330 e. The molecule has 0 saturated heterocycles. The van der Waals surface area contributed by atoms with E-state index in [1.807, 2.05) is 0 Å². The van der Waals surface area contributed by atoms with E-state index in [9.17, 15) is 14.7 Å². The number of nitrogens with one attached hydrogen (secondary N) is 1. The molecule has 0 spiro atoms. The van der Waals surface area contributed by atoms with Gasteiger partial charge in [0.05, 0.1) is 5.56 Å². The van der Waals surface area contributed by atoms with Gasteiger partial charge in [-0.3, -0.25) is 4.79 Å². The minimum absolute atomic E-state index is 0.213. The molecule has 6 nitrogen and oxygen atoms in total. The van der Waals surface area contributed by atoms with Gasteiger partial charge < -0.3 is 10.4 Å². The van der Waals surface area contributed by atoms with Crippen molar-refractivity contribution in [1.82, 2.24) is 15.3 Å². The third kappa shape index (κ3) is 3.12. The summed E-state index contributed by atoms with van der Waals surface area (Å²) in [6, 6.07) is 7.37. The number of hydrogen-bond donors (Lipinski definition) is 2. The molecule has 1 aromatic carbocycles. The first-order valence-electron chi connectivity index (χ1n) is 5.52. The van der Waals surface area contributed by atoms with E-state index in [-0.39, 0.29) is 5.56 Å². The Morgan fingerprint density at radius 3 is 2.32 bits per heavy atom. The standard InChI is InChI=1S/C13H11N3O3/c17-12(10-6-14-8-15-7-10)16-11(13(18)19)9-4-2-1-3-5-9/h1-8,11H,(H,16,17)(H,18,19)/t11-/m1/s1. The number of carboxylic acids is 1. The van der Waals surface area contributed by atoms with Crippen LogP contribution in [0.4, 0.5) is 0 Å². The molecular formula is C13H11N3O3. The van der Waals surface area contributed by atoms with Crippen LogP contribution in [0.5, 0.6) is 0 Å². The van der Waals surface area contributed by atoms with Gasteiger partial charge in [-0.05, 0) is 5.56 Å². The lowest BCUT2D eigenvalue weighted by Gasteiger charge is -2.14. The topological polar surface area (TPSA) is 92.2 Å². The van der Waals surface area contributed by atoms with Crippen LogP contribution in [-0.2, 0) is 4.79 Å². The fourth-order valence-corrected chi connectivity index (χ4v) is 1.56. The molecule has 96 valence electrons. The molecule has 19 heavy (non-hydrogen) atoms. The Balaban J connectivity index is 2.19. The molecule has 1 amide bonds. The number of rotatable bonds is 4. The summed E-state index contributed by atoms with van der Waals surface area (Å²) in [5.74, 6) is -1.66. The predicted molar refractivity (Wildman–Crippen MR) is 66.3 cm³/mol. The maximum atomic E-state index is 11.9. The molecule has 0 aliphatic rings. The Morgan fingerprint density at radius 2 is 1.74 bits per heavy atom. The van der Waals surface area contributed by atoms with E-state index in [1.165, 1.54) is 18.7 Å². The van der Waals surface area contributed by atoms with Crippen LogP contribution in [0.25, 0.3) is 0 Å². The van der Waals surface area contributed by atoms with Crippen LogP contribution in [-0.4, -0.2) is 27.0 Å². The van der Waals surface area contributed by atoms with Gasteiger partial charge in [-0.15, -0.1) is 0 Å². The van der Waals surface area contributed by atoms with Crippen molar-refractivity contribution >= 4 is 11.9 Å². The highest BCUT2D eigenvalue weighted by Crippen LogP contribution is 2.13. The fraction of sp³-hybridized carbons (Fsp3) is 0.0769. The second-order valence-electron chi connectivity index (χ2n) is 3.78. The average molecular weight is 257 g/mol. The highest BCUT2D eigenvalue weighted by molar-refractivity contribution is 5.96. The Bertz CT molecular complexity index is 572. The summed E-state index contributed by atoms with van der Waals surface area (Å²) in [6.07, 6.45) is 3.95. The second kappa shape index (κ2) is 5.72. The zero-order valence-electron chi connectivity index (χ0n) is 9.85. The van der Waals surface area contributed by atoms with Crippen molar-refractivity contribution < 1.29 is 14.7 Å². The zero-order chi connectivity index (χ0) is 13.7. The molecule has 1 atom stereocenters. The molecule has 2 rings (SSSR count). The van der Waals surface area contributed by atoms with Gasteiger partial charge >= 0.3 is 5.97 Å². The Kier molecular flexibility index (Phi) is 3.82. The molecule has 1 aromatic heterocycles. The van der Waals surface area contributed by atoms with Gasteiger partial charge in [0.25, 0.3) is 5.91 Å². The SMILES string of the molecule is O=C(N[C@@H](C(=O)O)c1ccccc1)c1cncnc1. The number of benzene rings is 1. The van der Waals surface area contributed by atoms with Gasteiger partial charge in [0.1, 0.15) is 6.33 Å². The lowest BCUT2D eigenvalue weighted by molar-refractivity contribution is -0.139. The predicted octanol–water partition coefficient (Wildman–Crippen LogP) is 1.03. The largest absolute Gasteiger partial charge is 0.479 e. The molecule has 0 unspecified atom stereocenters. The third-order valence-corrected chi connectivity index (χ3v) is 2.48. The normalized spacial score (nSPS) is 11.6. The van der Waals surface area contributed by atoms with Crippen LogP contribution in [0.15, 0.2) is 49.1 Å². The molecule has 1 heterocycles. The van der Waals surface area contributed by atoms with Crippen molar-refractivity contribution in [3.05, 3.63) is 60.2 Å². The summed E-state index contributed by atoms with van der Waals surface area (Å²) in [6.45, 7) is 0. The highest BCUT2D eigenvalue weighted by Gasteiger charge is 2.22. The van der Waals surface area contributed by atoms with Crippen molar-refractivity contribution in [2.75, 3.05) is 0 Å². The molecular weight excluding hydrogens is 246 g/mol. The van der Waals surface area contributed by atoms with Crippen LogP contribution in [0, 0.1) is 0 Å². The van der Waals surface area contributed by atoms with Crippen LogP contribution in [0.3, 0.4) is 0 Å². The molecule has 0 radical (unpaired) electrons. The number of carbonyl (C=O) groups is 2. The first kappa shape index (κ1) is 12.7. The van der Waals surface area contributed by atoms with Gasteiger partial charge in [0.2, 0.25) is 0 Å². The summed E-state index contributed by atoms with van der Waals surface area (Å²) in [5, 5.41) is 11.6. The molecule has 2 N–H and O–H groups in total. The van der Waals surface area contributed by atoms with Crippen LogP contribution >= 0.6 is 0 Å². The van der Waals surface area contributed by atoms with Crippen molar-refractivity contribution in [2.45, 2.75) is 6.04 Å². The van der Waals surface area contributed by atoms with E-state index in [4.69, 9.17) is 0 Å². The van der Waals surface area contributed by atoms with Crippen molar-refractivity contribution in [2.24, 2.45) is 0 Å². The zero-order valence-corrected chi connectivity index (χ0v) is 9.85. The second-order valence-corrected chi connectivity index (χ2v) is 3.78. The highest BCUT2D eigenvalue weighted by atomic mass is 16.4. The smallest absolute Gasteiger partial charge is 0.330 e. The summed E-state index contributed by atoms with van der Waals surface area (Å²) in [5.41, 5.74) is 0.713. The first-order chi connectivity index (χ1) is 9.18. The summed E-state index contributed by atoms with van der Waals surface area (Å²) < 4.78 is 0. The minimum Gasteiger partial charge on any atom is -0.479 e. The van der Waals surface area contributed by atoms with Crippen molar-refractivity contribution in [1.29, 1.82) is 0 Å². The molecule has 0 fully saturated rings. The Labute approximate surface area is 109 Å². The minimum atomic E-state index is -1.13. The van der Waals surface area contributed by atoms with Crippen LogP contribution in [0.2, 0.25) is 0 Å². The number of aliphatic carboxylic acids is 1. The maximum absolute atomic E-state index is 11.9. The number of amides is 1. The Morgan fingerprint density at radius 1 is 1.11 bits per heavy atom. The van der Waals surface area contributed by atoms with Crippen LogP contribution < -0.4 is 5.32 Å². The van der Waals surface area contributed by atoms with Gasteiger partial charge in [-0.25, -0.2) is 14.8 Å². The number of hydrogen-bond acceptors (Lipinski definition) is 4. The molecule has 2 aromatic rings. The number of carbonyl (C=O) groups excluding carboxylic acids is 1. The van der Waals surface area contributed by atoms with E-state index in [1.54, 1.807) is 30.3 Å². The lowest BCUT2D eigenvalue weighted by Crippen LogP contribution is -2.33. The molecule has 0 aliphatic heterocycles. The third-order valence-electron chi connectivity index (χ3n) is 2.48. The number of nitrogens with zero attached hydrogens (tertiary/aromatic N) is 2. The number of aromatic nitrogens is 2. The average Bonchev–Trinajstić information content (AvgIpc) is 2.46. The van der Waals surface area contributed by atoms with E-state index in [2.05, 4.69) is 15.3 Å². The lowest BCUT2D eigenvalue weighted by atomic mass is 10.1. The van der Waals surface area contributed by atoms with Gasteiger partial charge in [0, 0.05) is 12.4 Å². The molecule has 6 heteroatoms. The summed E-state index contributed by atoms with van der Waals surface area (Å²) in [7, 11) is 0. The van der Waals surface area contributed by atoms with Gasteiger partial charge in [-0.1, -0.05) is 30.3 Å². The van der Waals surface area contributed by atoms with Crippen molar-refractivity contribution in [3.63, 3.8) is 0 Å². The van der Waals surface area contributed by atoms with E-state index in [0.717, 1.165) is 0 Å². The first-order valence-corrected chi connectivity index (χ1v) is 5.52. The van der Waals surface area contributed by atoms with E-state index in [0.29, 0.717) is 5.56 Å². The van der Waals surface area contributed by atoms with Crippen LogP contribution in [0.1, 0.15) is 22.0 Å². The monoisotopic (exact) mass is 257 g/mol. The van der Waals surface area contributed by atoms with E-state index >= 15 is 0 Å². The van der Waals surface area contributed by atoms with Gasteiger partial charge in [-0.2, -0.15) is 0 Å². The fourth-order valence-electron chi connectivity index (χ4n) is 1.56. The van der Waals surface area contributed by atoms with E-state index < -0.39 is 17.9 Å². The number of carboxylic acid groups (broad SMARTS) is 1.